The van der Waals surface area contributed by atoms with Crippen molar-refractivity contribution in [2.45, 2.75) is 83.7 Å². The highest BCUT2D eigenvalue weighted by molar-refractivity contribution is 5.96. The highest BCUT2D eigenvalue weighted by Gasteiger charge is 2.58. The van der Waals surface area contributed by atoms with E-state index < -0.39 is 5.97 Å². The molecule has 7 heteroatoms. The summed E-state index contributed by atoms with van der Waals surface area (Å²) in [4.78, 5) is 29.1. The molecule has 1 aromatic carbocycles. The molecule has 0 saturated heterocycles. The van der Waals surface area contributed by atoms with Crippen molar-refractivity contribution < 1.29 is 24.6 Å². The lowest BCUT2D eigenvalue weighted by Gasteiger charge is -2.57. The molecule has 3 N–H and O–H groups in total. The van der Waals surface area contributed by atoms with Crippen LogP contribution in [0.1, 0.15) is 83.1 Å². The Morgan fingerprint density at radius 2 is 1.87 bits per heavy atom. The van der Waals surface area contributed by atoms with Crippen molar-refractivity contribution in [3.8, 4) is 0 Å². The highest BCUT2D eigenvalue weighted by atomic mass is 16.6. The maximum Gasteiger partial charge on any atom is 0.304 e. The number of hydrogen-bond donors (Lipinski definition) is 3. The van der Waals surface area contributed by atoms with Gasteiger partial charge in [-0.3, -0.25) is 9.59 Å². The van der Waals surface area contributed by atoms with E-state index in [1.54, 1.807) is 0 Å². The third-order valence-corrected chi connectivity index (χ3v) is 10.5. The van der Waals surface area contributed by atoms with Gasteiger partial charge in [0, 0.05) is 12.5 Å². The molecule has 3 saturated carbocycles. The van der Waals surface area contributed by atoms with Crippen molar-refractivity contribution in [1.82, 2.24) is 5.32 Å². The normalized spacial score (nSPS) is 35.9. The number of fused-ring (bicyclic) bond motifs is 5. The molecule has 5 rings (SSSR count). The Morgan fingerprint density at radius 1 is 1.08 bits per heavy atom. The summed E-state index contributed by atoms with van der Waals surface area (Å²) >= 11 is 0. The third kappa shape index (κ3) is 5.14. The van der Waals surface area contributed by atoms with Crippen LogP contribution in [0.15, 0.2) is 47.1 Å². The summed E-state index contributed by atoms with van der Waals surface area (Å²) in [5.41, 5.74) is 3.54. The van der Waals surface area contributed by atoms with Crippen LogP contribution in [0.25, 0.3) is 0 Å². The zero-order chi connectivity index (χ0) is 26.9. The fourth-order valence-corrected chi connectivity index (χ4v) is 8.32. The van der Waals surface area contributed by atoms with Crippen LogP contribution in [0.5, 0.6) is 0 Å². The number of carboxylic acids is 1. The monoisotopic (exact) mass is 522 g/mol. The van der Waals surface area contributed by atoms with Crippen LogP contribution < -0.4 is 5.32 Å². The number of carboxylic acid groups (broad SMARTS) is 1. The van der Waals surface area contributed by atoms with Gasteiger partial charge in [0.1, 0.15) is 0 Å². The minimum atomic E-state index is -0.898. The first-order valence-electron chi connectivity index (χ1n) is 14.3. The topological polar surface area (TPSA) is 108 Å². The van der Waals surface area contributed by atoms with E-state index in [1.165, 1.54) is 24.8 Å². The molecule has 3 fully saturated rings. The molecule has 7 nitrogen and oxygen atoms in total. The number of aliphatic carboxylic acids is 1. The minimum absolute atomic E-state index is 0.0534. The van der Waals surface area contributed by atoms with E-state index in [2.05, 4.69) is 30.4 Å². The Morgan fingerprint density at radius 3 is 2.63 bits per heavy atom. The van der Waals surface area contributed by atoms with E-state index in [0.717, 1.165) is 43.4 Å². The second kappa shape index (κ2) is 10.8. The molecule has 4 aliphatic carbocycles. The molecule has 7 atom stereocenters. The maximum atomic E-state index is 12.4. The van der Waals surface area contributed by atoms with Gasteiger partial charge in [-0.05, 0) is 91.6 Å². The standard InChI is InChI=1S/C31H42N2O5/c1-30-14-12-23(17-22(30)8-9-24-25-10-11-27(34)31(25,2)15-13-26(24)30)33-38-19-28(35)32-18-21(16-29(36)37)20-6-4-3-5-7-20/h3-7,17,21,24-27,34H,8-16,18-19H2,1-2H3,(H,32,35)(H,36,37)/b33-23-/t21-,24+,25+,26+,27-,30+,31+/m1/s1. The summed E-state index contributed by atoms with van der Waals surface area (Å²) in [5.74, 6) is 0.506. The molecule has 0 heterocycles. The van der Waals surface area contributed by atoms with Crippen LogP contribution in [0.3, 0.4) is 0 Å². The Bertz CT molecular complexity index is 1100. The van der Waals surface area contributed by atoms with Crippen molar-refractivity contribution in [2.24, 2.45) is 33.7 Å². The van der Waals surface area contributed by atoms with Gasteiger partial charge in [0.15, 0.2) is 6.61 Å². The van der Waals surface area contributed by atoms with E-state index in [1.807, 2.05) is 30.3 Å². The van der Waals surface area contributed by atoms with Gasteiger partial charge in [0.2, 0.25) is 0 Å². The number of carbonyl (C=O) groups is 2. The molecule has 206 valence electrons. The van der Waals surface area contributed by atoms with Crippen LogP contribution in [0, 0.1) is 28.6 Å². The zero-order valence-electron chi connectivity index (χ0n) is 22.7. The number of allylic oxidation sites excluding steroid dienone is 2. The number of hydrogen-bond acceptors (Lipinski definition) is 5. The molecule has 0 unspecified atom stereocenters. The second-order valence-electron chi connectivity index (χ2n) is 12.5. The maximum absolute atomic E-state index is 12.4. The number of benzene rings is 1. The summed E-state index contributed by atoms with van der Waals surface area (Å²) in [6.45, 7) is 4.81. The van der Waals surface area contributed by atoms with E-state index >= 15 is 0 Å². The fourth-order valence-electron chi connectivity index (χ4n) is 8.32. The quantitative estimate of drug-likeness (QED) is 0.414. The number of aliphatic hydroxyl groups excluding tert-OH is 1. The molecular formula is C31H42N2O5. The predicted molar refractivity (Wildman–Crippen MR) is 146 cm³/mol. The third-order valence-electron chi connectivity index (χ3n) is 10.5. The lowest BCUT2D eigenvalue weighted by molar-refractivity contribution is -0.137. The van der Waals surface area contributed by atoms with E-state index in [0.29, 0.717) is 17.8 Å². The molecule has 38 heavy (non-hydrogen) atoms. The number of carbonyl (C=O) groups excluding carboxylic acids is 1. The lowest BCUT2D eigenvalue weighted by atomic mass is 9.47. The second-order valence-corrected chi connectivity index (χ2v) is 12.5. The summed E-state index contributed by atoms with van der Waals surface area (Å²) < 4.78 is 0. The molecule has 1 aromatic rings. The first-order valence-corrected chi connectivity index (χ1v) is 14.3. The highest BCUT2D eigenvalue weighted by Crippen LogP contribution is 2.65. The van der Waals surface area contributed by atoms with E-state index in [4.69, 9.17) is 4.84 Å². The summed E-state index contributed by atoms with van der Waals surface area (Å²) in [6, 6.07) is 9.37. The summed E-state index contributed by atoms with van der Waals surface area (Å²) in [7, 11) is 0. The molecule has 0 aliphatic heterocycles. The lowest BCUT2D eigenvalue weighted by Crippen LogP contribution is -2.51. The van der Waals surface area contributed by atoms with Crippen molar-refractivity contribution in [1.29, 1.82) is 0 Å². The van der Waals surface area contributed by atoms with Gasteiger partial charge in [-0.1, -0.05) is 54.9 Å². The molecule has 4 aliphatic rings. The Labute approximate surface area is 225 Å². The zero-order valence-corrected chi connectivity index (χ0v) is 22.7. The van der Waals surface area contributed by atoms with Gasteiger partial charge in [-0.25, -0.2) is 0 Å². The Kier molecular flexibility index (Phi) is 7.67. The summed E-state index contributed by atoms with van der Waals surface area (Å²) in [5, 5.41) is 27.0. The van der Waals surface area contributed by atoms with Gasteiger partial charge in [0.25, 0.3) is 5.91 Å². The van der Waals surface area contributed by atoms with Gasteiger partial charge in [-0.2, -0.15) is 0 Å². The van der Waals surface area contributed by atoms with E-state index in [9.17, 15) is 19.8 Å². The number of amides is 1. The van der Waals surface area contributed by atoms with Gasteiger partial charge >= 0.3 is 5.97 Å². The van der Waals surface area contributed by atoms with Gasteiger partial charge < -0.3 is 20.4 Å². The van der Waals surface area contributed by atoms with Gasteiger partial charge in [-0.15, -0.1) is 0 Å². The Balaban J connectivity index is 1.16. The number of rotatable bonds is 8. The van der Waals surface area contributed by atoms with Crippen molar-refractivity contribution >= 4 is 17.6 Å². The predicted octanol–water partition coefficient (Wildman–Crippen LogP) is 5.06. The number of aliphatic hydroxyl groups is 1. The largest absolute Gasteiger partial charge is 0.481 e. The Hall–Kier alpha value is -2.67. The van der Waals surface area contributed by atoms with Crippen LogP contribution in [-0.4, -0.2) is 47.1 Å². The molecule has 0 spiro atoms. The average molecular weight is 523 g/mol. The summed E-state index contributed by atoms with van der Waals surface area (Å²) in [6.07, 6.45) is 10.6. The van der Waals surface area contributed by atoms with Crippen LogP contribution >= 0.6 is 0 Å². The van der Waals surface area contributed by atoms with Crippen LogP contribution in [0.2, 0.25) is 0 Å². The van der Waals surface area contributed by atoms with Crippen molar-refractivity contribution in [3.05, 3.63) is 47.5 Å². The SMILES string of the molecule is C[C@]12CC[C@H]3[C@@H](CCC4=C/C(=N\OCC(=O)NC[C@@H](CC(=O)O)c5ccccc5)CC[C@@]43C)[C@@H]1CC[C@H]2O. The van der Waals surface area contributed by atoms with Crippen molar-refractivity contribution in [2.75, 3.05) is 13.2 Å². The number of nitrogens with one attached hydrogen (secondary N) is 1. The van der Waals surface area contributed by atoms with E-state index in [-0.39, 0.29) is 48.3 Å². The fraction of sp³-hybridized carbons (Fsp3) is 0.645. The molecule has 0 bridgehead atoms. The van der Waals surface area contributed by atoms with Gasteiger partial charge in [0.05, 0.1) is 18.2 Å². The average Bonchev–Trinajstić information content (AvgIpc) is 3.21. The smallest absolute Gasteiger partial charge is 0.304 e. The molecule has 0 radical (unpaired) electrons. The van der Waals surface area contributed by atoms with Crippen LogP contribution in [0.4, 0.5) is 0 Å². The van der Waals surface area contributed by atoms with Crippen molar-refractivity contribution in [3.63, 3.8) is 0 Å². The van der Waals surface area contributed by atoms with Crippen LogP contribution in [-0.2, 0) is 14.4 Å². The minimum Gasteiger partial charge on any atom is -0.481 e. The first kappa shape index (κ1) is 26.9. The number of nitrogens with zero attached hydrogens (tertiary/aromatic N) is 1. The first-order chi connectivity index (χ1) is 18.2. The molecule has 1 amide bonds. The number of oxime groups is 1. The molecular weight excluding hydrogens is 480 g/mol. The molecule has 0 aromatic heterocycles.